The summed E-state index contributed by atoms with van der Waals surface area (Å²) >= 11 is 0. The quantitative estimate of drug-likeness (QED) is 0.720. The summed E-state index contributed by atoms with van der Waals surface area (Å²) in [4.78, 5) is 13.7. The summed E-state index contributed by atoms with van der Waals surface area (Å²) in [6, 6.07) is 0. The summed E-state index contributed by atoms with van der Waals surface area (Å²) in [6.45, 7) is 3.09. The molecule has 0 amide bonds. The third-order valence-corrected chi connectivity index (χ3v) is 2.63. The van der Waals surface area contributed by atoms with E-state index in [1.807, 2.05) is 6.20 Å². The monoisotopic (exact) mass is 166 g/mol. The molecule has 1 aromatic rings. The largest absolute Gasteiger partial charge is 0.325 e. The molecule has 12 heavy (non-hydrogen) atoms. The van der Waals surface area contributed by atoms with Crippen LogP contribution in [0.3, 0.4) is 0 Å². The first-order chi connectivity index (χ1) is 5.77. The van der Waals surface area contributed by atoms with E-state index in [4.69, 9.17) is 0 Å². The molecule has 3 heteroatoms. The summed E-state index contributed by atoms with van der Waals surface area (Å²) in [5.74, 6) is 1.52. The third-order valence-electron chi connectivity index (χ3n) is 2.63. The highest BCUT2D eigenvalue weighted by Crippen LogP contribution is 2.36. The van der Waals surface area contributed by atoms with Crippen LogP contribution in [0.4, 0.5) is 0 Å². The summed E-state index contributed by atoms with van der Waals surface area (Å²) in [7, 11) is 0. The zero-order valence-electron chi connectivity index (χ0n) is 7.29. The Hall–Kier alpha value is -0.990. The molecule has 1 aliphatic rings. The van der Waals surface area contributed by atoms with Crippen LogP contribution in [0.1, 0.15) is 19.8 Å². The van der Waals surface area contributed by atoms with Crippen molar-refractivity contribution >= 4 is 0 Å². The lowest BCUT2D eigenvalue weighted by Crippen LogP contribution is -2.20. The van der Waals surface area contributed by atoms with E-state index >= 15 is 0 Å². The number of aromatic nitrogens is 2. The lowest BCUT2D eigenvalue weighted by Gasteiger charge is -2.08. The smallest absolute Gasteiger partial charge is 0.313 e. The molecule has 1 atom stereocenters. The first kappa shape index (κ1) is 7.65. The Kier molecular flexibility index (Phi) is 1.79. The van der Waals surface area contributed by atoms with E-state index in [9.17, 15) is 4.79 Å². The molecular formula is C9H14N2O. The summed E-state index contributed by atoms with van der Waals surface area (Å²) in [5.41, 5.74) is 0.0162. The highest BCUT2D eigenvalue weighted by molar-refractivity contribution is 4.82. The molecule has 0 aromatic carbocycles. The van der Waals surface area contributed by atoms with Crippen LogP contribution in [0.2, 0.25) is 0 Å². The van der Waals surface area contributed by atoms with Crippen molar-refractivity contribution in [2.75, 3.05) is 0 Å². The van der Waals surface area contributed by atoms with Gasteiger partial charge in [0.2, 0.25) is 0 Å². The second-order valence-corrected chi connectivity index (χ2v) is 3.73. The third kappa shape index (κ3) is 1.44. The van der Waals surface area contributed by atoms with Crippen LogP contribution in [0.25, 0.3) is 0 Å². The topological polar surface area (TPSA) is 37.8 Å². The van der Waals surface area contributed by atoms with Crippen LogP contribution in [-0.2, 0) is 6.54 Å². The van der Waals surface area contributed by atoms with Crippen molar-refractivity contribution in [3.63, 3.8) is 0 Å². The molecule has 1 heterocycles. The molecule has 0 aliphatic heterocycles. The molecule has 0 saturated heterocycles. The van der Waals surface area contributed by atoms with Crippen molar-refractivity contribution < 1.29 is 0 Å². The predicted molar refractivity (Wildman–Crippen MR) is 46.9 cm³/mol. The number of hydrogen-bond donors (Lipinski definition) is 1. The Morgan fingerprint density at radius 2 is 2.50 bits per heavy atom. The molecular weight excluding hydrogens is 152 g/mol. The van der Waals surface area contributed by atoms with Gasteiger partial charge in [-0.3, -0.25) is 4.57 Å². The van der Waals surface area contributed by atoms with Crippen LogP contribution in [-0.4, -0.2) is 9.55 Å². The van der Waals surface area contributed by atoms with Gasteiger partial charge in [0.1, 0.15) is 0 Å². The van der Waals surface area contributed by atoms with E-state index in [0.717, 1.165) is 12.5 Å². The zero-order chi connectivity index (χ0) is 8.55. The van der Waals surface area contributed by atoms with Crippen molar-refractivity contribution in [2.45, 2.75) is 26.3 Å². The highest BCUT2D eigenvalue weighted by Gasteiger charge is 2.27. The van der Waals surface area contributed by atoms with Gasteiger partial charge in [0.05, 0.1) is 0 Å². The molecule has 3 nitrogen and oxygen atoms in total. The standard InChI is InChI=1S/C9H14N2O/c1-7(8-2-3-8)6-11-5-4-10-9(11)12/h4-5,7-8H,2-3,6H2,1H3,(H,10,12). The molecule has 0 bridgehead atoms. The Morgan fingerprint density at radius 1 is 1.75 bits per heavy atom. The second-order valence-electron chi connectivity index (χ2n) is 3.73. The van der Waals surface area contributed by atoms with Gasteiger partial charge in [0, 0.05) is 18.9 Å². The van der Waals surface area contributed by atoms with Crippen molar-refractivity contribution in [1.82, 2.24) is 9.55 Å². The van der Waals surface area contributed by atoms with Crippen LogP contribution < -0.4 is 5.69 Å². The number of rotatable bonds is 3. The Bertz CT molecular complexity index is 308. The SMILES string of the molecule is CC(Cn1cc[nH]c1=O)C1CC1. The minimum absolute atomic E-state index is 0.0162. The molecule has 1 N–H and O–H groups in total. The fourth-order valence-corrected chi connectivity index (χ4v) is 1.62. The van der Waals surface area contributed by atoms with Crippen LogP contribution in [0, 0.1) is 11.8 Å². The molecule has 0 radical (unpaired) electrons. The van der Waals surface area contributed by atoms with E-state index in [-0.39, 0.29) is 5.69 Å². The molecule has 2 rings (SSSR count). The van der Waals surface area contributed by atoms with Gasteiger partial charge in [-0.15, -0.1) is 0 Å². The molecule has 1 unspecified atom stereocenters. The number of nitrogens with zero attached hydrogens (tertiary/aromatic N) is 1. The minimum atomic E-state index is 0.0162. The van der Waals surface area contributed by atoms with Gasteiger partial charge in [-0.1, -0.05) is 6.92 Å². The van der Waals surface area contributed by atoms with E-state index in [0.29, 0.717) is 5.92 Å². The van der Waals surface area contributed by atoms with Gasteiger partial charge in [-0.25, -0.2) is 4.79 Å². The number of imidazole rings is 1. The van der Waals surface area contributed by atoms with Crippen molar-refractivity contribution in [2.24, 2.45) is 11.8 Å². The Labute approximate surface area is 71.4 Å². The maximum Gasteiger partial charge on any atom is 0.325 e. The molecule has 1 aliphatic carbocycles. The molecule has 1 fully saturated rings. The Morgan fingerprint density at radius 3 is 3.00 bits per heavy atom. The van der Waals surface area contributed by atoms with Gasteiger partial charge in [-0.2, -0.15) is 0 Å². The highest BCUT2D eigenvalue weighted by atomic mass is 16.1. The molecule has 0 spiro atoms. The molecule has 1 saturated carbocycles. The molecule has 1 aromatic heterocycles. The fraction of sp³-hybridized carbons (Fsp3) is 0.667. The summed E-state index contributed by atoms with van der Waals surface area (Å²) in [5, 5.41) is 0. The van der Waals surface area contributed by atoms with Gasteiger partial charge in [0.25, 0.3) is 0 Å². The summed E-state index contributed by atoms with van der Waals surface area (Å²) < 4.78 is 1.75. The van der Waals surface area contributed by atoms with Gasteiger partial charge >= 0.3 is 5.69 Å². The van der Waals surface area contributed by atoms with Crippen molar-refractivity contribution in [1.29, 1.82) is 0 Å². The first-order valence-corrected chi connectivity index (χ1v) is 4.51. The Balaban J connectivity index is 2.02. The van der Waals surface area contributed by atoms with Crippen LogP contribution >= 0.6 is 0 Å². The zero-order valence-corrected chi connectivity index (χ0v) is 7.29. The maximum atomic E-state index is 11.1. The molecule has 66 valence electrons. The minimum Gasteiger partial charge on any atom is -0.313 e. The van der Waals surface area contributed by atoms with Crippen molar-refractivity contribution in [3.05, 3.63) is 22.9 Å². The van der Waals surface area contributed by atoms with Crippen molar-refractivity contribution in [3.8, 4) is 0 Å². The number of hydrogen-bond acceptors (Lipinski definition) is 1. The normalized spacial score (nSPS) is 19.4. The average molecular weight is 166 g/mol. The maximum absolute atomic E-state index is 11.1. The number of nitrogens with one attached hydrogen (secondary N) is 1. The number of H-pyrrole nitrogens is 1. The van der Waals surface area contributed by atoms with E-state index < -0.39 is 0 Å². The van der Waals surface area contributed by atoms with E-state index in [1.165, 1.54) is 12.8 Å². The second kappa shape index (κ2) is 2.81. The fourth-order valence-electron chi connectivity index (χ4n) is 1.62. The lowest BCUT2D eigenvalue weighted by atomic mass is 10.1. The predicted octanol–water partition coefficient (Wildman–Crippen LogP) is 1.22. The van der Waals surface area contributed by atoms with Gasteiger partial charge in [-0.05, 0) is 24.7 Å². The average Bonchev–Trinajstić information content (AvgIpc) is 2.80. The number of aromatic amines is 1. The van der Waals surface area contributed by atoms with Gasteiger partial charge in [0.15, 0.2) is 0 Å². The lowest BCUT2D eigenvalue weighted by molar-refractivity contribution is 0.424. The van der Waals surface area contributed by atoms with Crippen LogP contribution in [0.15, 0.2) is 17.2 Å². The van der Waals surface area contributed by atoms with Gasteiger partial charge < -0.3 is 4.98 Å². The summed E-state index contributed by atoms with van der Waals surface area (Å²) in [6.07, 6.45) is 6.21. The first-order valence-electron chi connectivity index (χ1n) is 4.51. The van der Waals surface area contributed by atoms with E-state index in [1.54, 1.807) is 10.8 Å². The van der Waals surface area contributed by atoms with E-state index in [2.05, 4.69) is 11.9 Å². The van der Waals surface area contributed by atoms with Crippen LogP contribution in [0.5, 0.6) is 0 Å².